The zero-order chi connectivity index (χ0) is 13.9. The molecule has 0 radical (unpaired) electrons. The second-order valence-electron chi connectivity index (χ2n) is 5.59. The molecule has 0 heterocycles. The van der Waals surface area contributed by atoms with E-state index in [0.29, 0.717) is 0 Å². The van der Waals surface area contributed by atoms with E-state index < -0.39 is 20.6 Å². The minimum Gasteiger partial charge on any atom is -0.480 e. The lowest BCUT2D eigenvalue weighted by atomic mass is 9.71. The highest BCUT2D eigenvalue weighted by atomic mass is 35.5. The smallest absolute Gasteiger partial charge is 0.325 e. The van der Waals surface area contributed by atoms with E-state index in [-0.39, 0.29) is 28.2 Å². The van der Waals surface area contributed by atoms with Crippen LogP contribution in [0.25, 0.3) is 0 Å². The Kier molecular flexibility index (Phi) is 2.54. The predicted octanol–water partition coefficient (Wildman–Crippen LogP) is 2.51. The van der Waals surface area contributed by atoms with Gasteiger partial charge in [0.2, 0.25) is 0 Å². The van der Waals surface area contributed by atoms with Gasteiger partial charge in [0.1, 0.15) is 0 Å². The van der Waals surface area contributed by atoms with E-state index in [1.54, 1.807) is 12.1 Å². The van der Waals surface area contributed by atoms with Crippen molar-refractivity contribution in [2.75, 3.05) is 0 Å². The Labute approximate surface area is 116 Å². The molecule has 3 rings (SSSR count). The molecule has 0 aromatic heterocycles. The number of carbonyl (C=O) groups is 1. The molecule has 19 heavy (non-hydrogen) atoms. The van der Waals surface area contributed by atoms with Crippen LogP contribution in [0.2, 0.25) is 5.02 Å². The van der Waals surface area contributed by atoms with Crippen LogP contribution in [0.5, 0.6) is 0 Å². The van der Waals surface area contributed by atoms with Crippen molar-refractivity contribution in [1.82, 2.24) is 0 Å². The minimum absolute atomic E-state index is 0.0350. The summed E-state index contributed by atoms with van der Waals surface area (Å²) < 4.78 is 23.6. The molecule has 4 nitrogen and oxygen atoms in total. The lowest BCUT2D eigenvalue weighted by Crippen LogP contribution is -2.57. The van der Waals surface area contributed by atoms with Crippen LogP contribution in [0.4, 0.5) is 0 Å². The average Bonchev–Trinajstić information content (AvgIpc) is 3.06. The third-order valence-corrected chi connectivity index (χ3v) is 7.18. The molecule has 0 bridgehead atoms. The summed E-state index contributed by atoms with van der Waals surface area (Å²) in [6.07, 6.45) is 2.28. The third-order valence-electron chi connectivity index (χ3n) is 4.31. The molecule has 2 saturated carbocycles. The van der Waals surface area contributed by atoms with Crippen LogP contribution in [0.1, 0.15) is 25.7 Å². The molecule has 102 valence electrons. The number of hydrogen-bond donors (Lipinski definition) is 1. The van der Waals surface area contributed by atoms with Gasteiger partial charge >= 0.3 is 5.97 Å². The van der Waals surface area contributed by atoms with Crippen molar-refractivity contribution in [2.45, 2.75) is 35.3 Å². The molecule has 1 spiro atoms. The Hall–Kier alpha value is -1.07. The number of rotatable bonds is 3. The van der Waals surface area contributed by atoms with E-state index in [9.17, 15) is 18.3 Å². The van der Waals surface area contributed by atoms with E-state index in [1.807, 2.05) is 0 Å². The van der Waals surface area contributed by atoms with Crippen molar-refractivity contribution in [1.29, 1.82) is 0 Å². The van der Waals surface area contributed by atoms with Gasteiger partial charge in [-0.2, -0.15) is 0 Å². The van der Waals surface area contributed by atoms with Gasteiger partial charge in [-0.05, 0) is 43.2 Å². The van der Waals surface area contributed by atoms with Gasteiger partial charge in [-0.25, -0.2) is 8.42 Å². The van der Waals surface area contributed by atoms with E-state index in [2.05, 4.69) is 0 Å². The standard InChI is InChI=1S/C13H13ClO4S/c14-9-3-1-2-4-10(9)19(17,18)13(11(15)16)7-12(8-13)5-6-12/h1-4H,5-8H2,(H,15,16). The molecular weight excluding hydrogens is 288 g/mol. The molecule has 1 aromatic carbocycles. The molecular formula is C13H13ClO4S. The second kappa shape index (κ2) is 3.73. The molecule has 1 aromatic rings. The minimum atomic E-state index is -3.96. The largest absolute Gasteiger partial charge is 0.480 e. The molecule has 2 aliphatic rings. The van der Waals surface area contributed by atoms with Gasteiger partial charge in [-0.15, -0.1) is 0 Å². The molecule has 0 aliphatic heterocycles. The van der Waals surface area contributed by atoms with Gasteiger partial charge < -0.3 is 5.11 Å². The summed E-state index contributed by atoms with van der Waals surface area (Å²) in [5.41, 5.74) is -0.0350. The highest BCUT2D eigenvalue weighted by Gasteiger charge is 2.70. The molecule has 2 fully saturated rings. The summed E-state index contributed by atoms with van der Waals surface area (Å²) in [5.74, 6) is -1.26. The Balaban J connectivity index is 2.08. The maximum Gasteiger partial charge on any atom is 0.325 e. The topological polar surface area (TPSA) is 71.4 Å². The lowest BCUT2D eigenvalue weighted by Gasteiger charge is -2.44. The van der Waals surface area contributed by atoms with Crippen molar-refractivity contribution in [3.05, 3.63) is 29.3 Å². The Bertz CT molecular complexity index is 653. The molecule has 0 amide bonds. The molecule has 2 aliphatic carbocycles. The number of aliphatic carboxylic acids is 1. The first-order valence-electron chi connectivity index (χ1n) is 6.06. The quantitative estimate of drug-likeness (QED) is 0.931. The molecule has 0 saturated heterocycles. The van der Waals surface area contributed by atoms with E-state index in [0.717, 1.165) is 12.8 Å². The van der Waals surface area contributed by atoms with Gasteiger partial charge in [-0.1, -0.05) is 23.7 Å². The maximum absolute atomic E-state index is 12.6. The Morgan fingerprint density at radius 1 is 1.21 bits per heavy atom. The van der Waals surface area contributed by atoms with Crippen LogP contribution in [0.3, 0.4) is 0 Å². The number of sulfone groups is 1. The van der Waals surface area contributed by atoms with Crippen LogP contribution < -0.4 is 0 Å². The first kappa shape index (κ1) is 12.9. The van der Waals surface area contributed by atoms with E-state index in [1.165, 1.54) is 12.1 Å². The molecule has 6 heteroatoms. The molecule has 1 N–H and O–H groups in total. The van der Waals surface area contributed by atoms with E-state index in [4.69, 9.17) is 11.6 Å². The summed E-state index contributed by atoms with van der Waals surface area (Å²) in [4.78, 5) is 11.5. The Morgan fingerprint density at radius 2 is 1.79 bits per heavy atom. The number of carboxylic acid groups (broad SMARTS) is 1. The second-order valence-corrected chi connectivity index (χ2v) is 8.22. The number of benzene rings is 1. The number of carboxylic acids is 1. The maximum atomic E-state index is 12.6. The predicted molar refractivity (Wildman–Crippen MR) is 69.9 cm³/mol. The summed E-state index contributed by atoms with van der Waals surface area (Å²) in [5, 5.41) is 9.49. The van der Waals surface area contributed by atoms with Gasteiger partial charge in [0.05, 0.1) is 9.92 Å². The van der Waals surface area contributed by atoms with Gasteiger partial charge in [0, 0.05) is 0 Å². The Morgan fingerprint density at radius 3 is 2.26 bits per heavy atom. The van der Waals surface area contributed by atoms with Crippen LogP contribution >= 0.6 is 11.6 Å². The fourth-order valence-electron chi connectivity index (χ4n) is 3.02. The summed E-state index contributed by atoms with van der Waals surface area (Å²) >= 11 is 5.92. The summed E-state index contributed by atoms with van der Waals surface area (Å²) in [6, 6.07) is 6.02. The highest BCUT2D eigenvalue weighted by molar-refractivity contribution is 7.93. The van der Waals surface area contributed by atoms with Crippen molar-refractivity contribution >= 4 is 27.4 Å². The zero-order valence-corrected chi connectivity index (χ0v) is 11.7. The summed E-state index contributed by atoms with van der Waals surface area (Å²) in [7, 11) is -3.96. The van der Waals surface area contributed by atoms with Crippen molar-refractivity contribution < 1.29 is 18.3 Å². The fraction of sp³-hybridized carbons (Fsp3) is 0.462. The normalized spacial score (nSPS) is 22.8. The zero-order valence-electron chi connectivity index (χ0n) is 10.1. The van der Waals surface area contributed by atoms with E-state index >= 15 is 0 Å². The fourth-order valence-corrected chi connectivity index (χ4v) is 5.69. The van der Waals surface area contributed by atoms with Crippen molar-refractivity contribution in [2.24, 2.45) is 5.41 Å². The van der Waals surface area contributed by atoms with Gasteiger partial charge in [-0.3, -0.25) is 4.79 Å². The van der Waals surface area contributed by atoms with Crippen LogP contribution in [0, 0.1) is 5.41 Å². The monoisotopic (exact) mass is 300 g/mol. The first-order chi connectivity index (χ1) is 8.83. The average molecular weight is 301 g/mol. The molecule has 0 atom stereocenters. The number of hydrogen-bond acceptors (Lipinski definition) is 3. The number of halogens is 1. The SMILES string of the molecule is O=C(O)C1(S(=O)(=O)c2ccccc2Cl)CC2(CC2)C1. The van der Waals surface area contributed by atoms with Crippen molar-refractivity contribution in [3.63, 3.8) is 0 Å². The van der Waals surface area contributed by atoms with Crippen LogP contribution in [0.15, 0.2) is 29.2 Å². The van der Waals surface area contributed by atoms with Crippen LogP contribution in [-0.2, 0) is 14.6 Å². The van der Waals surface area contributed by atoms with Crippen LogP contribution in [-0.4, -0.2) is 24.2 Å². The van der Waals surface area contributed by atoms with Crippen molar-refractivity contribution in [3.8, 4) is 0 Å². The third kappa shape index (κ3) is 1.64. The molecule has 0 unspecified atom stereocenters. The summed E-state index contributed by atoms with van der Waals surface area (Å²) in [6.45, 7) is 0. The lowest BCUT2D eigenvalue weighted by molar-refractivity contribution is -0.144. The first-order valence-corrected chi connectivity index (χ1v) is 7.92. The highest BCUT2D eigenvalue weighted by Crippen LogP contribution is 2.68. The van der Waals surface area contributed by atoms with Gasteiger partial charge in [0.15, 0.2) is 14.6 Å². The van der Waals surface area contributed by atoms with Gasteiger partial charge in [0.25, 0.3) is 0 Å².